The number of rotatable bonds is 5. The molecule has 1 aliphatic carbocycles. The molecule has 37 heavy (non-hydrogen) atoms. The van der Waals surface area contributed by atoms with Gasteiger partial charge in [0.2, 0.25) is 14.8 Å². The van der Waals surface area contributed by atoms with Crippen molar-refractivity contribution in [2.75, 3.05) is 6.26 Å². The van der Waals surface area contributed by atoms with Gasteiger partial charge in [-0.25, -0.2) is 21.2 Å². The Morgan fingerprint density at radius 1 is 0.892 bits per heavy atom. The van der Waals surface area contributed by atoms with Crippen LogP contribution < -0.4 is 5.32 Å². The normalized spacial score (nSPS) is 21.5. The van der Waals surface area contributed by atoms with E-state index in [9.17, 15) is 48.0 Å². The van der Waals surface area contributed by atoms with Crippen LogP contribution in [0, 0.1) is 0 Å². The van der Waals surface area contributed by atoms with Gasteiger partial charge in [0.05, 0.1) is 26.5 Å². The molecule has 0 atom stereocenters. The molecular formula is C22H20F7NO5S2. The van der Waals surface area contributed by atoms with Crippen molar-refractivity contribution >= 4 is 25.6 Å². The topological polar surface area (TPSA) is 97.4 Å². The van der Waals surface area contributed by atoms with Crippen LogP contribution in [0.25, 0.3) is 0 Å². The Morgan fingerprint density at radius 2 is 1.43 bits per heavy atom. The number of nitrogens with one attached hydrogen (secondary N) is 1. The molecule has 1 amide bonds. The van der Waals surface area contributed by atoms with E-state index >= 15 is 4.39 Å². The minimum atomic E-state index is -4.87. The second kappa shape index (κ2) is 9.57. The van der Waals surface area contributed by atoms with Gasteiger partial charge in [0.25, 0.3) is 5.91 Å². The van der Waals surface area contributed by atoms with Gasteiger partial charge in [-0.05, 0) is 62.1 Å². The third-order valence-corrected chi connectivity index (χ3v) is 9.36. The molecule has 0 aromatic heterocycles. The van der Waals surface area contributed by atoms with Crippen LogP contribution in [0.2, 0.25) is 0 Å². The molecule has 3 rings (SSSR count). The first-order valence-corrected chi connectivity index (χ1v) is 14.0. The molecule has 2 aromatic carbocycles. The average molecular weight is 576 g/mol. The molecule has 204 valence electrons. The maximum Gasteiger partial charge on any atom is 0.416 e. The van der Waals surface area contributed by atoms with Crippen molar-refractivity contribution < 1.29 is 52.4 Å². The van der Waals surface area contributed by atoms with Crippen LogP contribution in [0.1, 0.15) is 47.2 Å². The van der Waals surface area contributed by atoms with Gasteiger partial charge in [-0.3, -0.25) is 4.79 Å². The van der Waals surface area contributed by atoms with Crippen molar-refractivity contribution in [3.63, 3.8) is 0 Å². The Bertz CT molecular complexity index is 1410. The summed E-state index contributed by atoms with van der Waals surface area (Å²) in [7, 11) is -9.12. The van der Waals surface area contributed by atoms with Crippen LogP contribution in [0.5, 0.6) is 0 Å². The number of carbonyl (C=O) groups is 1. The molecule has 0 heterocycles. The number of alkyl halides is 7. The molecule has 0 unspecified atom stereocenters. The van der Waals surface area contributed by atoms with Crippen molar-refractivity contribution in [2.45, 2.75) is 58.9 Å². The Labute approximate surface area is 207 Å². The lowest BCUT2D eigenvalue weighted by Crippen LogP contribution is -2.45. The van der Waals surface area contributed by atoms with E-state index in [1.54, 1.807) is 0 Å². The highest BCUT2D eigenvalue weighted by atomic mass is 32.2. The van der Waals surface area contributed by atoms with Gasteiger partial charge >= 0.3 is 12.4 Å². The fourth-order valence-electron chi connectivity index (χ4n) is 3.97. The quantitative estimate of drug-likeness (QED) is 0.510. The number of benzene rings is 2. The highest BCUT2D eigenvalue weighted by Crippen LogP contribution is 2.41. The van der Waals surface area contributed by atoms with E-state index in [-0.39, 0.29) is 12.8 Å². The van der Waals surface area contributed by atoms with Crippen LogP contribution in [-0.4, -0.2) is 40.0 Å². The smallest absolute Gasteiger partial charge is 0.349 e. The van der Waals surface area contributed by atoms with Gasteiger partial charge in [-0.15, -0.1) is 0 Å². The van der Waals surface area contributed by atoms with Gasteiger partial charge in [0.1, 0.15) is 0 Å². The minimum Gasteiger partial charge on any atom is -0.349 e. The van der Waals surface area contributed by atoms with Crippen LogP contribution in [0.15, 0.2) is 52.3 Å². The SMILES string of the molecule is CS(=O)(=O)c1cc(C(F)(F)F)ccc1C(=O)N[C@H]1CC[C@](F)(S(=O)(=O)c2cccc(C(F)(F)F)c2)CC1. The van der Waals surface area contributed by atoms with Gasteiger partial charge < -0.3 is 5.32 Å². The number of hydrogen-bond donors (Lipinski definition) is 1. The molecule has 0 radical (unpaired) electrons. The highest BCUT2D eigenvalue weighted by Gasteiger charge is 2.48. The van der Waals surface area contributed by atoms with Crippen molar-refractivity contribution in [1.29, 1.82) is 0 Å². The Hall–Kier alpha value is -2.68. The predicted molar refractivity (Wildman–Crippen MR) is 117 cm³/mol. The number of carbonyl (C=O) groups excluding carboxylic acids is 1. The molecular weight excluding hydrogens is 555 g/mol. The van der Waals surface area contributed by atoms with Crippen molar-refractivity contribution in [2.24, 2.45) is 0 Å². The maximum atomic E-state index is 15.5. The lowest BCUT2D eigenvalue weighted by atomic mass is 9.93. The fourth-order valence-corrected chi connectivity index (χ4v) is 6.61. The summed E-state index contributed by atoms with van der Waals surface area (Å²) in [6, 6.07) is 3.32. The molecule has 0 saturated heterocycles. The largest absolute Gasteiger partial charge is 0.416 e. The van der Waals surface area contributed by atoms with E-state index in [2.05, 4.69) is 5.32 Å². The number of halogens is 7. The summed E-state index contributed by atoms with van der Waals surface area (Å²) < 4.78 is 143. The maximum absolute atomic E-state index is 15.5. The molecule has 1 saturated carbocycles. The van der Waals surface area contributed by atoms with Gasteiger partial charge in [-0.2, -0.15) is 26.3 Å². The summed E-state index contributed by atoms with van der Waals surface area (Å²) in [5, 5.41) is -0.557. The van der Waals surface area contributed by atoms with E-state index in [1.807, 2.05) is 0 Å². The summed E-state index contributed by atoms with van der Waals surface area (Å²) >= 11 is 0. The fraction of sp³-hybridized carbons (Fsp3) is 0.409. The first-order chi connectivity index (χ1) is 16.8. The first kappa shape index (κ1) is 28.9. The van der Waals surface area contributed by atoms with Crippen molar-refractivity contribution in [3.8, 4) is 0 Å². The summed E-state index contributed by atoms with van der Waals surface area (Å²) in [6.07, 6.45) is -11.0. The van der Waals surface area contributed by atoms with E-state index in [0.717, 1.165) is 12.1 Å². The summed E-state index contributed by atoms with van der Waals surface area (Å²) in [5.74, 6) is -1.06. The summed E-state index contributed by atoms with van der Waals surface area (Å²) in [5.41, 5.74) is -3.13. The standard InChI is InChI=1S/C22H20F7NO5S2/c1-36(32,33)18-12-14(22(27,28)29)5-6-17(18)19(31)30-15-7-9-20(23,10-8-15)37(34,35)16-4-2-3-13(11-16)21(24,25)26/h2-6,11-12,15H,7-10H2,1H3,(H,30,31)/t15-,20-. The lowest BCUT2D eigenvalue weighted by molar-refractivity contribution is -0.138. The van der Waals surface area contributed by atoms with E-state index in [0.29, 0.717) is 36.6 Å². The van der Waals surface area contributed by atoms with Crippen molar-refractivity contribution in [3.05, 3.63) is 59.2 Å². The Kier molecular flexibility index (Phi) is 7.47. The molecule has 1 fully saturated rings. The summed E-state index contributed by atoms with van der Waals surface area (Å²) in [6.45, 7) is 0. The van der Waals surface area contributed by atoms with Gasteiger partial charge in [-0.1, -0.05) is 6.07 Å². The zero-order chi connectivity index (χ0) is 28.0. The monoisotopic (exact) mass is 575 g/mol. The van der Waals surface area contributed by atoms with Crippen LogP contribution in [0.4, 0.5) is 30.7 Å². The second-order valence-electron chi connectivity index (χ2n) is 8.64. The van der Waals surface area contributed by atoms with Crippen molar-refractivity contribution in [1.82, 2.24) is 5.32 Å². The lowest BCUT2D eigenvalue weighted by Gasteiger charge is -2.34. The first-order valence-electron chi connectivity index (χ1n) is 10.6. The molecule has 1 aliphatic rings. The summed E-state index contributed by atoms with van der Waals surface area (Å²) in [4.78, 5) is 11.0. The molecule has 0 aliphatic heterocycles. The predicted octanol–water partition coefficient (Wildman–Crippen LogP) is 4.94. The van der Waals surface area contributed by atoms with E-state index in [1.165, 1.54) is 0 Å². The van der Waals surface area contributed by atoms with Crippen LogP contribution >= 0.6 is 0 Å². The van der Waals surface area contributed by atoms with E-state index < -0.39 is 88.3 Å². The Morgan fingerprint density at radius 3 is 1.95 bits per heavy atom. The third kappa shape index (κ3) is 6.08. The van der Waals surface area contributed by atoms with Gasteiger partial charge in [0.15, 0.2) is 9.84 Å². The minimum absolute atomic E-state index is 0.282. The Balaban J connectivity index is 1.78. The highest BCUT2D eigenvalue weighted by molar-refractivity contribution is 7.92. The van der Waals surface area contributed by atoms with Crippen LogP contribution in [-0.2, 0) is 32.0 Å². The van der Waals surface area contributed by atoms with E-state index in [4.69, 9.17) is 0 Å². The number of sulfone groups is 2. The van der Waals surface area contributed by atoms with Gasteiger partial charge in [0, 0.05) is 12.3 Å². The zero-order valence-electron chi connectivity index (χ0n) is 19.0. The molecule has 1 N–H and O–H groups in total. The number of amides is 1. The molecule has 0 spiro atoms. The zero-order valence-corrected chi connectivity index (χ0v) is 20.6. The number of hydrogen-bond acceptors (Lipinski definition) is 5. The third-order valence-electron chi connectivity index (χ3n) is 5.97. The molecule has 15 heteroatoms. The molecule has 6 nitrogen and oxygen atoms in total. The van der Waals surface area contributed by atoms with Crippen LogP contribution in [0.3, 0.4) is 0 Å². The molecule has 2 aromatic rings. The average Bonchev–Trinajstić information content (AvgIpc) is 2.78. The molecule has 0 bridgehead atoms. The second-order valence-corrected chi connectivity index (χ2v) is 12.8.